The highest BCUT2D eigenvalue weighted by atomic mass is 16.4. The average Bonchev–Trinajstić information content (AvgIpc) is 2.36. The van der Waals surface area contributed by atoms with Gasteiger partial charge in [-0.3, -0.25) is 4.79 Å². The Kier molecular flexibility index (Phi) is 12.0. The largest absolute Gasteiger partial charge is 0.481 e. The van der Waals surface area contributed by atoms with Gasteiger partial charge in [-0.25, -0.2) is 0 Å². The van der Waals surface area contributed by atoms with Crippen molar-refractivity contribution >= 4 is 5.97 Å². The maximum Gasteiger partial charge on any atom is 0.303 e. The van der Waals surface area contributed by atoms with Crippen LogP contribution >= 0.6 is 0 Å². The summed E-state index contributed by atoms with van der Waals surface area (Å²) in [6.07, 6.45) is 8.98. The summed E-state index contributed by atoms with van der Waals surface area (Å²) in [5.74, 6) is -0.839. The molecule has 0 aliphatic carbocycles. The highest BCUT2D eigenvalue weighted by Gasteiger charge is 2.16. The smallest absolute Gasteiger partial charge is 0.303 e. The Bertz CT molecular complexity index is 218. The first-order valence-electron chi connectivity index (χ1n) is 7.60. The number of unbranched alkanes of at least 4 members (excludes halogenated alkanes) is 6. The Morgan fingerprint density at radius 3 is 2.16 bits per heavy atom. The van der Waals surface area contributed by atoms with E-state index in [1.165, 1.54) is 32.1 Å². The second-order valence-corrected chi connectivity index (χ2v) is 5.45. The van der Waals surface area contributed by atoms with Gasteiger partial charge >= 0.3 is 5.97 Å². The Morgan fingerprint density at radius 2 is 1.63 bits per heavy atom. The van der Waals surface area contributed by atoms with Gasteiger partial charge in [0.05, 0.1) is 12.7 Å². The van der Waals surface area contributed by atoms with Crippen molar-refractivity contribution in [1.82, 2.24) is 0 Å². The van der Waals surface area contributed by atoms with E-state index in [-0.39, 0.29) is 18.9 Å². The molecule has 2 unspecified atom stereocenters. The Balaban J connectivity index is 3.70. The number of rotatable bonds is 13. The van der Waals surface area contributed by atoms with Crippen LogP contribution in [-0.4, -0.2) is 34.0 Å². The topological polar surface area (TPSA) is 77.8 Å². The first kappa shape index (κ1) is 18.4. The molecular formula is C15H30O4. The van der Waals surface area contributed by atoms with Gasteiger partial charge in [-0.15, -0.1) is 0 Å². The van der Waals surface area contributed by atoms with Crippen molar-refractivity contribution in [3.63, 3.8) is 0 Å². The van der Waals surface area contributed by atoms with Crippen LogP contribution in [0.4, 0.5) is 0 Å². The molecule has 0 fully saturated rings. The second kappa shape index (κ2) is 12.4. The minimum absolute atomic E-state index is 0.0182. The third-order valence-electron chi connectivity index (χ3n) is 3.50. The molecule has 0 saturated heterocycles. The Morgan fingerprint density at radius 1 is 1.05 bits per heavy atom. The molecule has 19 heavy (non-hydrogen) atoms. The van der Waals surface area contributed by atoms with Crippen LogP contribution in [-0.2, 0) is 4.79 Å². The molecule has 0 rings (SSSR count). The summed E-state index contributed by atoms with van der Waals surface area (Å²) in [7, 11) is 0. The number of hydrogen-bond donors (Lipinski definition) is 3. The molecule has 0 amide bonds. The van der Waals surface area contributed by atoms with E-state index in [2.05, 4.69) is 6.92 Å². The van der Waals surface area contributed by atoms with Crippen LogP contribution in [0.25, 0.3) is 0 Å². The molecule has 0 spiro atoms. The minimum atomic E-state index is -0.821. The van der Waals surface area contributed by atoms with E-state index in [1.54, 1.807) is 0 Å². The average molecular weight is 274 g/mol. The van der Waals surface area contributed by atoms with Gasteiger partial charge in [0.15, 0.2) is 0 Å². The van der Waals surface area contributed by atoms with Crippen LogP contribution in [0.1, 0.15) is 71.1 Å². The molecule has 0 aliphatic rings. The first-order chi connectivity index (χ1) is 9.10. The van der Waals surface area contributed by atoms with Crippen molar-refractivity contribution in [3.05, 3.63) is 0 Å². The molecule has 0 aromatic carbocycles. The Labute approximate surface area is 116 Å². The van der Waals surface area contributed by atoms with Gasteiger partial charge in [-0.05, 0) is 18.8 Å². The highest BCUT2D eigenvalue weighted by Crippen LogP contribution is 2.20. The molecule has 0 aromatic rings. The van der Waals surface area contributed by atoms with Crippen LogP contribution in [0.15, 0.2) is 0 Å². The molecule has 0 heterocycles. The number of aliphatic hydroxyl groups is 2. The number of carbonyl (C=O) groups is 1. The summed E-state index contributed by atoms with van der Waals surface area (Å²) in [6, 6.07) is 0. The van der Waals surface area contributed by atoms with Gasteiger partial charge in [0, 0.05) is 6.42 Å². The van der Waals surface area contributed by atoms with Gasteiger partial charge in [0.2, 0.25) is 0 Å². The van der Waals surface area contributed by atoms with Gasteiger partial charge < -0.3 is 15.3 Å². The standard InChI is InChI=1S/C15H30O4/c1-2-3-4-5-6-7-8-9-13(11-15(18)19)10-14(17)12-16/h13-14,16-17H,2-12H2,1H3,(H,18,19). The lowest BCUT2D eigenvalue weighted by Crippen LogP contribution is -2.19. The Hall–Kier alpha value is -0.610. The van der Waals surface area contributed by atoms with E-state index < -0.39 is 12.1 Å². The number of carboxylic acid groups (broad SMARTS) is 1. The molecule has 4 nitrogen and oxygen atoms in total. The molecule has 0 radical (unpaired) electrons. The van der Waals surface area contributed by atoms with Crippen molar-refractivity contribution in [2.45, 2.75) is 77.2 Å². The van der Waals surface area contributed by atoms with Crippen LogP contribution in [0.3, 0.4) is 0 Å². The fourth-order valence-electron chi connectivity index (χ4n) is 2.40. The number of aliphatic carboxylic acids is 1. The van der Waals surface area contributed by atoms with Gasteiger partial charge in [-0.1, -0.05) is 51.9 Å². The second-order valence-electron chi connectivity index (χ2n) is 5.45. The van der Waals surface area contributed by atoms with Crippen molar-refractivity contribution in [2.75, 3.05) is 6.61 Å². The SMILES string of the molecule is CCCCCCCCCC(CC(=O)O)CC(O)CO. The molecule has 0 aliphatic heterocycles. The van der Waals surface area contributed by atoms with Crippen molar-refractivity contribution < 1.29 is 20.1 Å². The molecule has 4 heteroatoms. The lowest BCUT2D eigenvalue weighted by molar-refractivity contribution is -0.138. The predicted molar refractivity (Wildman–Crippen MR) is 76.1 cm³/mol. The summed E-state index contributed by atoms with van der Waals surface area (Å²) in [5, 5.41) is 27.0. The minimum Gasteiger partial charge on any atom is -0.481 e. The third kappa shape index (κ3) is 12.2. The van der Waals surface area contributed by atoms with E-state index in [4.69, 9.17) is 10.2 Å². The van der Waals surface area contributed by atoms with Crippen molar-refractivity contribution in [3.8, 4) is 0 Å². The zero-order valence-electron chi connectivity index (χ0n) is 12.2. The van der Waals surface area contributed by atoms with Crippen LogP contribution in [0, 0.1) is 5.92 Å². The number of carboxylic acids is 1. The molecular weight excluding hydrogens is 244 g/mol. The first-order valence-corrected chi connectivity index (χ1v) is 7.60. The van der Waals surface area contributed by atoms with E-state index in [0.717, 1.165) is 19.3 Å². The molecule has 114 valence electrons. The number of aliphatic hydroxyl groups excluding tert-OH is 2. The van der Waals surface area contributed by atoms with Crippen molar-refractivity contribution in [2.24, 2.45) is 5.92 Å². The zero-order valence-corrected chi connectivity index (χ0v) is 12.2. The quantitative estimate of drug-likeness (QED) is 0.451. The summed E-state index contributed by atoms with van der Waals surface area (Å²) in [6.45, 7) is 1.91. The maximum atomic E-state index is 10.7. The maximum absolute atomic E-state index is 10.7. The lowest BCUT2D eigenvalue weighted by atomic mass is 9.92. The monoisotopic (exact) mass is 274 g/mol. The summed E-state index contributed by atoms with van der Waals surface area (Å²) in [5.41, 5.74) is 0. The lowest BCUT2D eigenvalue weighted by Gasteiger charge is -2.17. The van der Waals surface area contributed by atoms with Gasteiger partial charge in [0.1, 0.15) is 0 Å². The molecule has 0 aromatic heterocycles. The normalized spacial score (nSPS) is 14.3. The van der Waals surface area contributed by atoms with Crippen LogP contribution in [0.2, 0.25) is 0 Å². The summed E-state index contributed by atoms with van der Waals surface area (Å²) in [4.78, 5) is 10.7. The molecule has 0 bridgehead atoms. The van der Waals surface area contributed by atoms with Crippen LogP contribution in [0.5, 0.6) is 0 Å². The predicted octanol–water partition coefficient (Wildman–Crippen LogP) is 2.96. The molecule has 2 atom stereocenters. The third-order valence-corrected chi connectivity index (χ3v) is 3.50. The fraction of sp³-hybridized carbons (Fsp3) is 0.933. The van der Waals surface area contributed by atoms with Gasteiger partial charge in [-0.2, -0.15) is 0 Å². The highest BCUT2D eigenvalue weighted by molar-refractivity contribution is 5.66. The number of hydrogen-bond acceptors (Lipinski definition) is 3. The summed E-state index contributed by atoms with van der Waals surface area (Å²) >= 11 is 0. The van der Waals surface area contributed by atoms with E-state index >= 15 is 0 Å². The fourth-order valence-corrected chi connectivity index (χ4v) is 2.40. The molecule has 3 N–H and O–H groups in total. The molecule has 0 saturated carbocycles. The van der Waals surface area contributed by atoms with E-state index in [9.17, 15) is 9.90 Å². The van der Waals surface area contributed by atoms with E-state index in [1.807, 2.05) is 0 Å². The van der Waals surface area contributed by atoms with Gasteiger partial charge in [0.25, 0.3) is 0 Å². The zero-order chi connectivity index (χ0) is 14.5. The van der Waals surface area contributed by atoms with Crippen LogP contribution < -0.4 is 0 Å². The van der Waals surface area contributed by atoms with E-state index in [0.29, 0.717) is 6.42 Å². The van der Waals surface area contributed by atoms with Crippen molar-refractivity contribution in [1.29, 1.82) is 0 Å². The summed E-state index contributed by atoms with van der Waals surface area (Å²) < 4.78 is 0.